The fourth-order valence-corrected chi connectivity index (χ4v) is 3.60. The summed E-state index contributed by atoms with van der Waals surface area (Å²) in [5.74, 6) is 2.59. The molecule has 0 bridgehead atoms. The Morgan fingerprint density at radius 2 is 2.12 bits per heavy atom. The third-order valence-electron chi connectivity index (χ3n) is 4.77. The lowest BCUT2D eigenvalue weighted by Crippen LogP contribution is -2.32. The van der Waals surface area contributed by atoms with Crippen molar-refractivity contribution in [1.82, 2.24) is 14.9 Å². The summed E-state index contributed by atoms with van der Waals surface area (Å²) in [6.45, 7) is 3.53. The number of hydrogen-bond donors (Lipinski definition) is 1. The summed E-state index contributed by atoms with van der Waals surface area (Å²) >= 11 is 0. The Bertz CT molecular complexity index is 840. The predicted molar refractivity (Wildman–Crippen MR) is 96.8 cm³/mol. The number of aromatic nitrogens is 2. The zero-order valence-electron chi connectivity index (χ0n) is 15.0. The first-order valence-corrected chi connectivity index (χ1v) is 8.90. The Kier molecular flexibility index (Phi) is 4.36. The van der Waals surface area contributed by atoms with E-state index in [9.17, 15) is 4.79 Å². The molecule has 1 atom stereocenters. The second-order valence-electron chi connectivity index (χ2n) is 6.46. The van der Waals surface area contributed by atoms with Gasteiger partial charge in [0, 0.05) is 19.7 Å². The van der Waals surface area contributed by atoms with Crippen LogP contribution in [0, 0.1) is 6.92 Å². The number of nitrogens with zero attached hydrogens (tertiary/aromatic N) is 3. The first-order valence-electron chi connectivity index (χ1n) is 8.90. The molecular formula is C19H22N4O3. The molecule has 136 valence electrons. The monoisotopic (exact) mass is 354 g/mol. The first-order chi connectivity index (χ1) is 12.7. The van der Waals surface area contributed by atoms with E-state index >= 15 is 0 Å². The van der Waals surface area contributed by atoms with Gasteiger partial charge < -0.3 is 19.7 Å². The maximum absolute atomic E-state index is 13.3. The molecule has 7 nitrogen and oxygen atoms in total. The van der Waals surface area contributed by atoms with Gasteiger partial charge in [0.1, 0.15) is 24.9 Å². The van der Waals surface area contributed by atoms with Gasteiger partial charge in [-0.3, -0.25) is 4.79 Å². The molecule has 0 spiro atoms. The number of para-hydroxylation sites is 1. The average Bonchev–Trinajstić information content (AvgIpc) is 3.16. The predicted octanol–water partition coefficient (Wildman–Crippen LogP) is 2.58. The third kappa shape index (κ3) is 2.94. The van der Waals surface area contributed by atoms with Crippen molar-refractivity contribution in [2.24, 2.45) is 0 Å². The van der Waals surface area contributed by atoms with Crippen LogP contribution >= 0.6 is 0 Å². The highest BCUT2D eigenvalue weighted by atomic mass is 16.6. The summed E-state index contributed by atoms with van der Waals surface area (Å²) < 4.78 is 11.3. The number of carbonyl (C=O) groups is 1. The van der Waals surface area contributed by atoms with E-state index in [-0.39, 0.29) is 11.9 Å². The molecule has 4 rings (SSSR count). The van der Waals surface area contributed by atoms with Crippen LogP contribution in [-0.4, -0.2) is 47.6 Å². The zero-order valence-corrected chi connectivity index (χ0v) is 15.0. The maximum Gasteiger partial charge on any atom is 0.258 e. The molecule has 0 saturated carbocycles. The molecule has 1 N–H and O–H groups in total. The van der Waals surface area contributed by atoms with Crippen molar-refractivity contribution in [3.05, 3.63) is 41.3 Å². The number of ether oxygens (including phenoxy) is 2. The quantitative estimate of drug-likeness (QED) is 0.913. The number of fused-ring (bicyclic) bond motifs is 1. The minimum atomic E-state index is -0.0586. The zero-order chi connectivity index (χ0) is 18.1. The lowest BCUT2D eigenvalue weighted by Gasteiger charge is -2.27. The Balaban J connectivity index is 1.67. The van der Waals surface area contributed by atoms with Crippen molar-refractivity contribution in [3.8, 4) is 11.5 Å². The summed E-state index contributed by atoms with van der Waals surface area (Å²) in [7, 11) is 1.83. The second-order valence-corrected chi connectivity index (χ2v) is 6.46. The van der Waals surface area contributed by atoms with Crippen molar-refractivity contribution in [2.45, 2.75) is 25.8 Å². The van der Waals surface area contributed by atoms with Crippen molar-refractivity contribution < 1.29 is 14.3 Å². The van der Waals surface area contributed by atoms with Gasteiger partial charge in [0.25, 0.3) is 5.91 Å². The van der Waals surface area contributed by atoms with Gasteiger partial charge >= 0.3 is 0 Å². The molecule has 1 amide bonds. The van der Waals surface area contributed by atoms with Gasteiger partial charge in [-0.25, -0.2) is 9.97 Å². The number of nitrogens with one attached hydrogen (secondary N) is 1. The number of likely N-dealkylation sites (tertiary alicyclic amines) is 1. The van der Waals surface area contributed by atoms with Crippen molar-refractivity contribution in [3.63, 3.8) is 0 Å². The Labute approximate surface area is 152 Å². The number of benzene rings is 1. The Morgan fingerprint density at radius 3 is 2.96 bits per heavy atom. The number of anilines is 1. The van der Waals surface area contributed by atoms with Crippen LogP contribution in [0.1, 0.15) is 40.8 Å². The van der Waals surface area contributed by atoms with Gasteiger partial charge in [-0.15, -0.1) is 0 Å². The topological polar surface area (TPSA) is 76.6 Å². The van der Waals surface area contributed by atoms with Crippen LogP contribution in [0.25, 0.3) is 0 Å². The highest BCUT2D eigenvalue weighted by molar-refractivity contribution is 5.98. The Hall–Kier alpha value is -2.83. The number of amides is 1. The third-order valence-corrected chi connectivity index (χ3v) is 4.77. The molecule has 2 aromatic rings. The van der Waals surface area contributed by atoms with Gasteiger partial charge in [-0.05, 0) is 31.9 Å². The summed E-state index contributed by atoms with van der Waals surface area (Å²) in [6, 6.07) is 7.33. The van der Waals surface area contributed by atoms with Gasteiger partial charge in [0.2, 0.25) is 0 Å². The van der Waals surface area contributed by atoms with E-state index in [2.05, 4.69) is 15.3 Å². The lowest BCUT2D eigenvalue weighted by atomic mass is 10.1. The molecule has 1 saturated heterocycles. The average molecular weight is 354 g/mol. The van der Waals surface area contributed by atoms with Gasteiger partial charge in [-0.1, -0.05) is 6.07 Å². The summed E-state index contributed by atoms with van der Waals surface area (Å²) in [5.41, 5.74) is 1.42. The molecule has 0 aliphatic carbocycles. The molecular weight excluding hydrogens is 332 g/mol. The van der Waals surface area contributed by atoms with Gasteiger partial charge in [0.05, 0.1) is 17.3 Å². The SMILES string of the molecule is CNc1cc([C@@H]2CCCN2C(=O)c2cccc3c2OCCO3)nc(C)n1. The summed E-state index contributed by atoms with van der Waals surface area (Å²) in [5, 5.41) is 3.06. The highest BCUT2D eigenvalue weighted by Crippen LogP contribution is 2.38. The summed E-state index contributed by atoms with van der Waals surface area (Å²) in [4.78, 5) is 24.1. The molecule has 1 aromatic heterocycles. The maximum atomic E-state index is 13.3. The number of aryl methyl sites for hydroxylation is 1. The lowest BCUT2D eigenvalue weighted by molar-refractivity contribution is 0.0722. The summed E-state index contributed by atoms with van der Waals surface area (Å²) in [6.07, 6.45) is 1.83. The van der Waals surface area contributed by atoms with Gasteiger partial charge in [-0.2, -0.15) is 0 Å². The van der Waals surface area contributed by atoms with Gasteiger partial charge in [0.15, 0.2) is 11.5 Å². The molecule has 0 unspecified atom stereocenters. The van der Waals surface area contributed by atoms with Crippen LogP contribution < -0.4 is 14.8 Å². The smallest absolute Gasteiger partial charge is 0.258 e. The second kappa shape index (κ2) is 6.82. The highest BCUT2D eigenvalue weighted by Gasteiger charge is 2.34. The van der Waals surface area contributed by atoms with Crippen molar-refractivity contribution in [1.29, 1.82) is 0 Å². The van der Waals surface area contributed by atoms with E-state index < -0.39 is 0 Å². The first kappa shape index (κ1) is 16.6. The van der Waals surface area contributed by atoms with Crippen LogP contribution in [0.3, 0.4) is 0 Å². The fraction of sp³-hybridized carbons (Fsp3) is 0.421. The van der Waals surface area contributed by atoms with Crippen LogP contribution in [0.5, 0.6) is 11.5 Å². The Morgan fingerprint density at radius 1 is 1.27 bits per heavy atom. The molecule has 3 heterocycles. The molecule has 7 heteroatoms. The van der Waals surface area contributed by atoms with E-state index in [0.29, 0.717) is 42.6 Å². The van der Waals surface area contributed by atoms with Crippen LogP contribution in [0.2, 0.25) is 0 Å². The number of hydrogen-bond acceptors (Lipinski definition) is 6. The standard InChI is InChI=1S/C19H22N4O3/c1-12-21-14(11-17(20-2)22-12)15-6-4-8-23(15)19(24)13-5-3-7-16-18(13)26-10-9-25-16/h3,5,7,11,15H,4,6,8-10H2,1-2H3,(H,20,21,22)/t15-/m0/s1. The minimum Gasteiger partial charge on any atom is -0.486 e. The number of rotatable bonds is 3. The molecule has 2 aliphatic rings. The minimum absolute atomic E-state index is 0.0443. The largest absolute Gasteiger partial charge is 0.486 e. The van der Waals surface area contributed by atoms with Crippen LogP contribution in [-0.2, 0) is 0 Å². The normalized spacial score (nSPS) is 18.7. The van der Waals surface area contributed by atoms with E-state index in [4.69, 9.17) is 9.47 Å². The van der Waals surface area contributed by atoms with Crippen molar-refractivity contribution in [2.75, 3.05) is 32.1 Å². The number of carbonyl (C=O) groups excluding carboxylic acids is 1. The molecule has 2 aliphatic heterocycles. The van der Waals surface area contributed by atoms with E-state index in [1.807, 2.05) is 37.1 Å². The van der Waals surface area contributed by atoms with Crippen molar-refractivity contribution >= 4 is 11.7 Å². The molecule has 1 aromatic carbocycles. The molecule has 0 radical (unpaired) electrons. The van der Waals surface area contributed by atoms with E-state index in [1.165, 1.54) is 0 Å². The van der Waals surface area contributed by atoms with E-state index in [0.717, 1.165) is 24.4 Å². The molecule has 26 heavy (non-hydrogen) atoms. The van der Waals surface area contributed by atoms with Crippen LogP contribution in [0.15, 0.2) is 24.3 Å². The van der Waals surface area contributed by atoms with Crippen LogP contribution in [0.4, 0.5) is 5.82 Å². The molecule has 1 fully saturated rings. The fourth-order valence-electron chi connectivity index (χ4n) is 3.60. The van der Waals surface area contributed by atoms with E-state index in [1.54, 1.807) is 6.07 Å².